The Morgan fingerprint density at radius 2 is 2.25 bits per heavy atom. The first-order chi connectivity index (χ1) is 9.45. The van der Waals surface area contributed by atoms with Crippen molar-refractivity contribution in [2.45, 2.75) is 25.6 Å². The van der Waals surface area contributed by atoms with Crippen LogP contribution >= 0.6 is 11.8 Å². The zero-order valence-corrected chi connectivity index (χ0v) is 12.5. The first kappa shape index (κ1) is 16.4. The lowest BCUT2D eigenvalue weighted by Gasteiger charge is -2.01. The molecule has 0 bridgehead atoms. The highest BCUT2D eigenvalue weighted by atomic mass is 32.2. The molecule has 0 aromatic carbocycles. The number of nitrogens with zero attached hydrogens (tertiary/aromatic N) is 1. The highest BCUT2D eigenvalue weighted by Crippen LogP contribution is 2.21. The molecule has 1 aromatic rings. The zero-order valence-electron chi connectivity index (χ0n) is 11.6. The minimum atomic E-state index is -0.530. The Morgan fingerprint density at radius 3 is 2.80 bits per heavy atom. The fourth-order valence-electron chi connectivity index (χ4n) is 1.68. The number of furan rings is 1. The zero-order chi connectivity index (χ0) is 15.1. The van der Waals surface area contributed by atoms with Gasteiger partial charge in [-0.2, -0.15) is 11.8 Å². The molecule has 0 radical (unpaired) electrons. The standard InChI is InChI=1S/C12H20N4O3S/c1-8-5-9(19-11(8)6-15-2)7-20-4-3-10(12(13)14)16(17)18/h5,15H,3-4,6-7,13-14H2,1-2H3. The SMILES string of the molecule is CNCc1oc(CSCCC(=C(N)N)[N+](=O)[O-])cc1C. The molecule has 7 nitrogen and oxygen atoms in total. The van der Waals surface area contributed by atoms with Crippen LogP contribution in [-0.4, -0.2) is 17.7 Å². The van der Waals surface area contributed by atoms with Crippen molar-refractivity contribution in [3.63, 3.8) is 0 Å². The molecule has 0 aliphatic carbocycles. The average molecular weight is 300 g/mol. The molecule has 0 fully saturated rings. The van der Waals surface area contributed by atoms with E-state index in [1.54, 1.807) is 11.8 Å². The molecule has 8 heteroatoms. The average Bonchev–Trinajstić information content (AvgIpc) is 2.69. The quantitative estimate of drug-likeness (QED) is 0.376. The molecule has 0 saturated carbocycles. The van der Waals surface area contributed by atoms with Crippen LogP contribution in [0, 0.1) is 17.0 Å². The predicted octanol–water partition coefficient (Wildman–Crippen LogP) is 1.29. The molecule has 0 atom stereocenters. The van der Waals surface area contributed by atoms with Crippen molar-refractivity contribution >= 4 is 11.8 Å². The highest BCUT2D eigenvalue weighted by Gasteiger charge is 2.14. The minimum Gasteiger partial charge on any atom is -0.464 e. The Morgan fingerprint density at radius 1 is 1.55 bits per heavy atom. The second kappa shape index (κ2) is 7.81. The van der Waals surface area contributed by atoms with Gasteiger partial charge in [0, 0.05) is 5.75 Å². The summed E-state index contributed by atoms with van der Waals surface area (Å²) in [6.45, 7) is 2.68. The number of nitro groups is 1. The number of hydrogen-bond acceptors (Lipinski definition) is 7. The first-order valence-corrected chi connectivity index (χ1v) is 7.30. The number of aryl methyl sites for hydroxylation is 1. The van der Waals surface area contributed by atoms with Crippen LogP contribution in [0.3, 0.4) is 0 Å². The van der Waals surface area contributed by atoms with Gasteiger partial charge in [-0.25, -0.2) is 0 Å². The second-order valence-electron chi connectivity index (χ2n) is 4.31. The Hall–Kier alpha value is -1.67. The van der Waals surface area contributed by atoms with Crippen molar-refractivity contribution in [2.24, 2.45) is 11.5 Å². The molecule has 1 heterocycles. The normalized spacial score (nSPS) is 10.5. The van der Waals surface area contributed by atoms with Gasteiger partial charge in [0.15, 0.2) is 5.82 Å². The topological polar surface area (TPSA) is 120 Å². The van der Waals surface area contributed by atoms with E-state index in [0.717, 1.165) is 17.1 Å². The van der Waals surface area contributed by atoms with E-state index in [1.165, 1.54) is 0 Å². The molecule has 112 valence electrons. The summed E-state index contributed by atoms with van der Waals surface area (Å²) in [6, 6.07) is 1.99. The maximum Gasteiger partial charge on any atom is 0.286 e. The van der Waals surface area contributed by atoms with E-state index < -0.39 is 4.92 Å². The fraction of sp³-hybridized carbons (Fsp3) is 0.500. The van der Waals surface area contributed by atoms with Gasteiger partial charge in [0.05, 0.1) is 23.6 Å². The van der Waals surface area contributed by atoms with Gasteiger partial charge in [-0.1, -0.05) is 0 Å². The van der Waals surface area contributed by atoms with E-state index in [9.17, 15) is 10.1 Å². The Balaban J connectivity index is 2.43. The van der Waals surface area contributed by atoms with Crippen LogP contribution in [0.25, 0.3) is 0 Å². The van der Waals surface area contributed by atoms with Gasteiger partial charge in [0.25, 0.3) is 5.70 Å². The number of thioether (sulfide) groups is 1. The molecule has 0 spiro atoms. The Kier molecular flexibility index (Phi) is 6.40. The Bertz CT molecular complexity index is 495. The van der Waals surface area contributed by atoms with Gasteiger partial charge >= 0.3 is 0 Å². The van der Waals surface area contributed by atoms with Crippen LogP contribution in [0.1, 0.15) is 23.5 Å². The van der Waals surface area contributed by atoms with E-state index in [2.05, 4.69) is 5.32 Å². The van der Waals surface area contributed by atoms with Crippen LogP contribution in [-0.2, 0) is 12.3 Å². The molecular formula is C12H20N4O3S. The molecule has 0 saturated heterocycles. The predicted molar refractivity (Wildman–Crippen MR) is 79.4 cm³/mol. The summed E-state index contributed by atoms with van der Waals surface area (Å²) in [4.78, 5) is 10.1. The van der Waals surface area contributed by atoms with E-state index in [-0.39, 0.29) is 17.9 Å². The molecular weight excluding hydrogens is 280 g/mol. The van der Waals surface area contributed by atoms with Crippen LogP contribution in [0.2, 0.25) is 0 Å². The van der Waals surface area contributed by atoms with Gasteiger partial charge in [0.2, 0.25) is 0 Å². The number of nitrogens with one attached hydrogen (secondary N) is 1. The summed E-state index contributed by atoms with van der Waals surface area (Å²) in [5, 5.41) is 13.7. The van der Waals surface area contributed by atoms with Crippen LogP contribution in [0.5, 0.6) is 0 Å². The lowest BCUT2D eigenvalue weighted by Crippen LogP contribution is -2.17. The summed E-state index contributed by atoms with van der Waals surface area (Å²) in [6.07, 6.45) is 0.239. The molecule has 1 rings (SSSR count). The monoisotopic (exact) mass is 300 g/mol. The number of nitrogens with two attached hydrogens (primary N) is 2. The van der Waals surface area contributed by atoms with Crippen LogP contribution < -0.4 is 16.8 Å². The smallest absolute Gasteiger partial charge is 0.286 e. The molecule has 20 heavy (non-hydrogen) atoms. The molecule has 0 aliphatic rings. The summed E-state index contributed by atoms with van der Waals surface area (Å²) < 4.78 is 5.68. The second-order valence-corrected chi connectivity index (χ2v) is 5.42. The van der Waals surface area contributed by atoms with Gasteiger partial charge in [0.1, 0.15) is 11.5 Å². The third-order valence-corrected chi connectivity index (χ3v) is 3.67. The summed E-state index contributed by atoms with van der Waals surface area (Å²) >= 11 is 1.55. The van der Waals surface area contributed by atoms with Crippen molar-refractivity contribution in [1.29, 1.82) is 0 Å². The van der Waals surface area contributed by atoms with Crippen molar-refractivity contribution in [3.05, 3.63) is 44.8 Å². The number of rotatable bonds is 8. The lowest BCUT2D eigenvalue weighted by atomic mass is 10.3. The Labute approximate surface area is 121 Å². The maximum atomic E-state index is 10.7. The van der Waals surface area contributed by atoms with E-state index in [1.807, 2.05) is 20.0 Å². The van der Waals surface area contributed by atoms with Crippen molar-refractivity contribution < 1.29 is 9.34 Å². The minimum absolute atomic E-state index is 0.121. The largest absolute Gasteiger partial charge is 0.464 e. The van der Waals surface area contributed by atoms with Crippen LogP contribution in [0.4, 0.5) is 0 Å². The van der Waals surface area contributed by atoms with Gasteiger partial charge in [-0.05, 0) is 25.6 Å². The summed E-state index contributed by atoms with van der Waals surface area (Å²) in [5.74, 6) is 2.79. The van der Waals surface area contributed by atoms with E-state index in [0.29, 0.717) is 18.1 Å². The van der Waals surface area contributed by atoms with E-state index >= 15 is 0 Å². The number of hydrogen-bond donors (Lipinski definition) is 3. The van der Waals surface area contributed by atoms with Crippen molar-refractivity contribution in [1.82, 2.24) is 5.32 Å². The van der Waals surface area contributed by atoms with Crippen molar-refractivity contribution in [2.75, 3.05) is 12.8 Å². The van der Waals surface area contributed by atoms with Gasteiger partial charge < -0.3 is 21.2 Å². The molecule has 0 amide bonds. The highest BCUT2D eigenvalue weighted by molar-refractivity contribution is 7.98. The molecule has 0 unspecified atom stereocenters. The third-order valence-electron chi connectivity index (χ3n) is 2.69. The molecule has 5 N–H and O–H groups in total. The van der Waals surface area contributed by atoms with Crippen molar-refractivity contribution in [3.8, 4) is 0 Å². The fourth-order valence-corrected chi connectivity index (χ4v) is 2.51. The third kappa shape index (κ3) is 4.78. The first-order valence-electron chi connectivity index (χ1n) is 6.14. The van der Waals surface area contributed by atoms with Crippen LogP contribution in [0.15, 0.2) is 22.0 Å². The van der Waals surface area contributed by atoms with Gasteiger partial charge in [-0.3, -0.25) is 10.1 Å². The summed E-state index contributed by atoms with van der Waals surface area (Å²) in [7, 11) is 1.86. The van der Waals surface area contributed by atoms with E-state index in [4.69, 9.17) is 15.9 Å². The number of allylic oxidation sites excluding steroid dienone is 1. The van der Waals surface area contributed by atoms with Gasteiger partial charge in [-0.15, -0.1) is 0 Å². The molecule has 1 aromatic heterocycles. The molecule has 0 aliphatic heterocycles. The maximum absolute atomic E-state index is 10.7. The lowest BCUT2D eigenvalue weighted by molar-refractivity contribution is -0.428. The summed E-state index contributed by atoms with van der Waals surface area (Å²) in [5.41, 5.74) is 11.5.